The first kappa shape index (κ1) is 20.1. The lowest BCUT2D eigenvalue weighted by molar-refractivity contribution is -0.123. The van der Waals surface area contributed by atoms with Gasteiger partial charge in [0.15, 0.2) is 6.61 Å². The highest BCUT2D eigenvalue weighted by Crippen LogP contribution is 2.26. The van der Waals surface area contributed by atoms with Crippen molar-refractivity contribution in [1.82, 2.24) is 10.9 Å². The largest absolute Gasteiger partial charge is 0.493 e. The quantitative estimate of drug-likeness (QED) is 0.671. The summed E-state index contributed by atoms with van der Waals surface area (Å²) in [6.07, 6.45) is 0. The molecule has 0 aromatic heterocycles. The number of hydrogen-bond acceptors (Lipinski definition) is 4. The zero-order chi connectivity index (χ0) is 19.1. The van der Waals surface area contributed by atoms with Crippen LogP contribution in [0.3, 0.4) is 0 Å². The van der Waals surface area contributed by atoms with Crippen molar-refractivity contribution in [2.24, 2.45) is 0 Å². The number of aryl methyl sites for hydroxylation is 1. The Labute approximate surface area is 164 Å². The predicted octanol–water partition coefficient (Wildman–Crippen LogP) is 3.65. The van der Waals surface area contributed by atoms with E-state index in [1.807, 2.05) is 13.8 Å². The molecule has 0 saturated carbocycles. The van der Waals surface area contributed by atoms with Gasteiger partial charge >= 0.3 is 0 Å². The Kier molecular flexibility index (Phi) is 7.29. The second-order valence-corrected chi connectivity index (χ2v) is 6.54. The normalized spacial score (nSPS) is 10.2. The first-order chi connectivity index (χ1) is 12.4. The number of hydrazine groups is 1. The molecule has 2 rings (SSSR count). The maximum Gasteiger partial charge on any atom is 0.276 e. The van der Waals surface area contributed by atoms with Gasteiger partial charge in [0.05, 0.1) is 11.1 Å². The van der Waals surface area contributed by atoms with Gasteiger partial charge in [-0.15, -0.1) is 0 Å². The smallest absolute Gasteiger partial charge is 0.276 e. The molecule has 0 atom stereocenters. The highest BCUT2D eigenvalue weighted by Gasteiger charge is 2.11. The summed E-state index contributed by atoms with van der Waals surface area (Å²) in [4.78, 5) is 23.9. The molecule has 6 nitrogen and oxygen atoms in total. The molecule has 0 fully saturated rings. The Hall–Kier alpha value is -2.25. The summed E-state index contributed by atoms with van der Waals surface area (Å²) >= 11 is 9.27. The standard InChI is InChI=1S/C18H18BrClN2O4/c1-3-25-16-7-4-12(9-14(16)19)18(24)22-21-17(23)10-26-13-5-6-15(20)11(2)8-13/h4-9H,3,10H2,1-2H3,(H,21,23)(H,22,24). The molecule has 0 aliphatic rings. The summed E-state index contributed by atoms with van der Waals surface area (Å²) in [6, 6.07) is 9.97. The molecule has 2 aromatic carbocycles. The SMILES string of the molecule is CCOc1ccc(C(=O)NNC(=O)COc2ccc(Cl)c(C)c2)cc1Br. The van der Waals surface area contributed by atoms with E-state index in [2.05, 4.69) is 26.8 Å². The molecule has 0 aliphatic carbocycles. The lowest BCUT2D eigenvalue weighted by atomic mass is 10.2. The maximum absolute atomic E-state index is 12.1. The zero-order valence-electron chi connectivity index (χ0n) is 14.3. The molecule has 0 heterocycles. The lowest BCUT2D eigenvalue weighted by Crippen LogP contribution is -2.43. The average molecular weight is 442 g/mol. The number of amides is 2. The minimum Gasteiger partial charge on any atom is -0.493 e. The third kappa shape index (κ3) is 5.64. The lowest BCUT2D eigenvalue weighted by Gasteiger charge is -2.11. The first-order valence-electron chi connectivity index (χ1n) is 7.81. The van der Waals surface area contributed by atoms with Crippen LogP contribution in [-0.4, -0.2) is 25.0 Å². The van der Waals surface area contributed by atoms with Crippen molar-refractivity contribution < 1.29 is 19.1 Å². The molecular formula is C18H18BrClN2O4. The maximum atomic E-state index is 12.1. The third-order valence-corrected chi connectivity index (χ3v) is 4.35. The van der Waals surface area contributed by atoms with Crippen molar-refractivity contribution in [2.75, 3.05) is 13.2 Å². The highest BCUT2D eigenvalue weighted by molar-refractivity contribution is 9.10. The van der Waals surface area contributed by atoms with Crippen molar-refractivity contribution in [3.05, 3.63) is 57.0 Å². The van der Waals surface area contributed by atoms with Gasteiger partial charge in [-0.05, 0) is 71.7 Å². The summed E-state index contributed by atoms with van der Waals surface area (Å²) in [5.41, 5.74) is 5.85. The van der Waals surface area contributed by atoms with E-state index >= 15 is 0 Å². The molecule has 0 radical (unpaired) electrons. The minimum atomic E-state index is -0.490. The van der Waals surface area contributed by atoms with Gasteiger partial charge in [-0.1, -0.05) is 11.6 Å². The van der Waals surface area contributed by atoms with E-state index in [-0.39, 0.29) is 6.61 Å². The molecule has 2 amide bonds. The van der Waals surface area contributed by atoms with Crippen molar-refractivity contribution in [1.29, 1.82) is 0 Å². The van der Waals surface area contributed by atoms with Crippen molar-refractivity contribution in [3.63, 3.8) is 0 Å². The van der Waals surface area contributed by atoms with Crippen LogP contribution in [0.1, 0.15) is 22.8 Å². The van der Waals surface area contributed by atoms with Gasteiger partial charge in [0.25, 0.3) is 11.8 Å². The Balaban J connectivity index is 1.83. The van der Waals surface area contributed by atoms with E-state index in [0.29, 0.717) is 33.2 Å². The summed E-state index contributed by atoms with van der Waals surface area (Å²) in [5, 5.41) is 0.621. The van der Waals surface area contributed by atoms with Crippen LogP contribution in [0.5, 0.6) is 11.5 Å². The number of ether oxygens (including phenoxy) is 2. The molecule has 26 heavy (non-hydrogen) atoms. The monoisotopic (exact) mass is 440 g/mol. The van der Waals surface area contributed by atoms with E-state index in [4.69, 9.17) is 21.1 Å². The van der Waals surface area contributed by atoms with E-state index < -0.39 is 11.8 Å². The van der Waals surface area contributed by atoms with E-state index in [0.717, 1.165) is 5.56 Å². The molecule has 0 spiro atoms. The van der Waals surface area contributed by atoms with Gasteiger partial charge in [-0.25, -0.2) is 0 Å². The van der Waals surface area contributed by atoms with Crippen LogP contribution in [0.4, 0.5) is 0 Å². The van der Waals surface area contributed by atoms with Crippen LogP contribution >= 0.6 is 27.5 Å². The number of nitrogens with one attached hydrogen (secondary N) is 2. The van der Waals surface area contributed by atoms with Crippen LogP contribution in [0.15, 0.2) is 40.9 Å². The number of carbonyl (C=O) groups is 2. The van der Waals surface area contributed by atoms with E-state index in [9.17, 15) is 9.59 Å². The Bertz CT molecular complexity index is 814. The van der Waals surface area contributed by atoms with Gasteiger partial charge in [0.2, 0.25) is 0 Å². The Morgan fingerprint density at radius 3 is 2.54 bits per heavy atom. The second-order valence-electron chi connectivity index (χ2n) is 5.28. The molecule has 138 valence electrons. The molecule has 0 bridgehead atoms. The van der Waals surface area contributed by atoms with E-state index in [1.165, 1.54) is 0 Å². The summed E-state index contributed by atoms with van der Waals surface area (Å²) < 4.78 is 11.4. The predicted molar refractivity (Wildman–Crippen MR) is 103 cm³/mol. The summed E-state index contributed by atoms with van der Waals surface area (Å²) in [7, 11) is 0. The van der Waals surface area contributed by atoms with Gasteiger partial charge in [0, 0.05) is 10.6 Å². The zero-order valence-corrected chi connectivity index (χ0v) is 16.6. The Morgan fingerprint density at radius 1 is 1.12 bits per heavy atom. The second kappa shape index (κ2) is 9.45. The molecule has 2 N–H and O–H groups in total. The number of halogens is 2. The van der Waals surface area contributed by atoms with Crippen LogP contribution in [0, 0.1) is 6.92 Å². The average Bonchev–Trinajstić information content (AvgIpc) is 2.62. The van der Waals surface area contributed by atoms with Crippen LogP contribution < -0.4 is 20.3 Å². The van der Waals surface area contributed by atoms with Crippen molar-refractivity contribution in [2.45, 2.75) is 13.8 Å². The van der Waals surface area contributed by atoms with Crippen LogP contribution in [0.25, 0.3) is 0 Å². The van der Waals surface area contributed by atoms with Gasteiger partial charge in [-0.2, -0.15) is 0 Å². The third-order valence-electron chi connectivity index (χ3n) is 3.31. The number of rotatable bonds is 6. The van der Waals surface area contributed by atoms with Gasteiger partial charge < -0.3 is 9.47 Å². The first-order valence-corrected chi connectivity index (χ1v) is 8.98. The van der Waals surface area contributed by atoms with Gasteiger partial charge in [-0.3, -0.25) is 20.4 Å². The highest BCUT2D eigenvalue weighted by atomic mass is 79.9. The molecule has 2 aromatic rings. The number of carbonyl (C=O) groups excluding carboxylic acids is 2. The molecule has 0 aliphatic heterocycles. The van der Waals surface area contributed by atoms with Crippen molar-refractivity contribution >= 4 is 39.3 Å². The van der Waals surface area contributed by atoms with Crippen LogP contribution in [0.2, 0.25) is 5.02 Å². The molecule has 0 saturated heterocycles. The molecule has 0 unspecified atom stereocenters. The number of benzene rings is 2. The minimum absolute atomic E-state index is 0.242. The number of hydrogen-bond donors (Lipinski definition) is 2. The van der Waals surface area contributed by atoms with Gasteiger partial charge in [0.1, 0.15) is 11.5 Å². The molecular weight excluding hydrogens is 424 g/mol. The Morgan fingerprint density at radius 2 is 1.88 bits per heavy atom. The van der Waals surface area contributed by atoms with Crippen molar-refractivity contribution in [3.8, 4) is 11.5 Å². The summed E-state index contributed by atoms with van der Waals surface area (Å²) in [5.74, 6) is 0.212. The molecule has 8 heteroatoms. The fraction of sp³-hybridized carbons (Fsp3) is 0.222. The van der Waals surface area contributed by atoms with Crippen LogP contribution in [-0.2, 0) is 4.79 Å². The topological polar surface area (TPSA) is 76.7 Å². The fourth-order valence-electron chi connectivity index (χ4n) is 2.01. The summed E-state index contributed by atoms with van der Waals surface area (Å²) in [6.45, 7) is 3.99. The fourth-order valence-corrected chi connectivity index (χ4v) is 2.62. The van der Waals surface area contributed by atoms with E-state index in [1.54, 1.807) is 36.4 Å².